The van der Waals surface area contributed by atoms with Gasteiger partial charge in [0.2, 0.25) is 5.88 Å². The van der Waals surface area contributed by atoms with Gasteiger partial charge in [-0.2, -0.15) is 13.2 Å². The zero-order valence-corrected chi connectivity index (χ0v) is 14.6. The van der Waals surface area contributed by atoms with Crippen molar-refractivity contribution >= 4 is 6.03 Å². The summed E-state index contributed by atoms with van der Waals surface area (Å²) in [6.45, 7) is -0.946. The van der Waals surface area contributed by atoms with Gasteiger partial charge in [0.25, 0.3) is 0 Å². The lowest BCUT2D eigenvalue weighted by Crippen LogP contribution is -2.37. The van der Waals surface area contributed by atoms with E-state index < -0.39 is 18.8 Å². The second kappa shape index (κ2) is 9.77. The molecule has 0 aliphatic carbocycles. The number of rotatable bonds is 8. The Bertz CT molecular complexity index is 709. The topological polar surface area (TPSA) is 72.5 Å². The molecule has 1 atom stereocenters. The molecule has 2 N–H and O–H groups in total. The second-order valence-electron chi connectivity index (χ2n) is 5.61. The molecule has 0 saturated carbocycles. The number of carbonyl (C=O) groups is 1. The smallest absolute Gasteiger partial charge is 0.422 e. The summed E-state index contributed by atoms with van der Waals surface area (Å²) in [5.41, 5.74) is 1.56. The lowest BCUT2D eigenvalue weighted by molar-refractivity contribution is -0.154. The molecule has 0 aliphatic rings. The van der Waals surface area contributed by atoms with Crippen LogP contribution in [-0.4, -0.2) is 37.5 Å². The van der Waals surface area contributed by atoms with Gasteiger partial charge in [-0.15, -0.1) is 0 Å². The zero-order chi connectivity index (χ0) is 19.7. The zero-order valence-electron chi connectivity index (χ0n) is 14.6. The van der Waals surface area contributed by atoms with Crippen LogP contribution in [0.1, 0.15) is 17.2 Å². The Kier molecular flexibility index (Phi) is 7.42. The third kappa shape index (κ3) is 7.53. The van der Waals surface area contributed by atoms with E-state index in [1.54, 1.807) is 7.11 Å². The molecule has 0 fully saturated rings. The van der Waals surface area contributed by atoms with Crippen molar-refractivity contribution in [3.05, 3.63) is 59.8 Å². The fourth-order valence-corrected chi connectivity index (χ4v) is 2.19. The van der Waals surface area contributed by atoms with Gasteiger partial charge in [-0.05, 0) is 11.1 Å². The summed E-state index contributed by atoms with van der Waals surface area (Å²) in [4.78, 5) is 15.7. The lowest BCUT2D eigenvalue weighted by atomic mass is 10.1. The Labute approximate surface area is 154 Å². The van der Waals surface area contributed by atoms with Gasteiger partial charge in [-0.25, -0.2) is 9.78 Å². The van der Waals surface area contributed by atoms with Crippen molar-refractivity contribution in [1.29, 1.82) is 0 Å². The van der Waals surface area contributed by atoms with Crippen molar-refractivity contribution in [3.63, 3.8) is 0 Å². The first-order chi connectivity index (χ1) is 12.9. The van der Waals surface area contributed by atoms with E-state index in [9.17, 15) is 18.0 Å². The average Bonchev–Trinajstić information content (AvgIpc) is 2.66. The first-order valence-electron chi connectivity index (χ1n) is 8.11. The summed E-state index contributed by atoms with van der Waals surface area (Å²) in [6.07, 6.45) is -3.35. The Hall–Kier alpha value is -2.81. The summed E-state index contributed by atoms with van der Waals surface area (Å²) in [6, 6.07) is 11.9. The number of ether oxygens (including phenoxy) is 2. The third-order valence-corrected chi connectivity index (χ3v) is 3.54. The van der Waals surface area contributed by atoms with Crippen molar-refractivity contribution in [1.82, 2.24) is 15.6 Å². The van der Waals surface area contributed by atoms with E-state index in [1.807, 2.05) is 30.3 Å². The van der Waals surface area contributed by atoms with Crippen molar-refractivity contribution in [2.75, 3.05) is 20.3 Å². The van der Waals surface area contributed by atoms with Crippen LogP contribution in [0.3, 0.4) is 0 Å². The molecule has 2 amide bonds. The summed E-state index contributed by atoms with van der Waals surface area (Å²) >= 11 is 0. The van der Waals surface area contributed by atoms with Crippen LogP contribution >= 0.6 is 0 Å². The van der Waals surface area contributed by atoms with Crippen LogP contribution in [-0.2, 0) is 11.3 Å². The number of pyridine rings is 1. The van der Waals surface area contributed by atoms with E-state index in [4.69, 9.17) is 4.74 Å². The summed E-state index contributed by atoms with van der Waals surface area (Å²) in [5.74, 6) is -0.133. The number of benzene rings is 1. The van der Waals surface area contributed by atoms with E-state index >= 15 is 0 Å². The summed E-state index contributed by atoms with van der Waals surface area (Å²) in [5, 5.41) is 5.34. The van der Waals surface area contributed by atoms with Gasteiger partial charge in [-0.1, -0.05) is 36.4 Å². The van der Waals surface area contributed by atoms with Crippen LogP contribution in [0.25, 0.3) is 0 Å². The minimum absolute atomic E-state index is 0.133. The highest BCUT2D eigenvalue weighted by molar-refractivity contribution is 5.73. The molecular weight excluding hydrogens is 363 g/mol. The fourth-order valence-electron chi connectivity index (χ4n) is 2.19. The van der Waals surface area contributed by atoms with E-state index in [1.165, 1.54) is 18.3 Å². The minimum Gasteiger partial charge on any atom is -0.468 e. The number of alkyl halides is 3. The Morgan fingerprint density at radius 3 is 2.48 bits per heavy atom. The monoisotopic (exact) mass is 383 g/mol. The first-order valence-corrected chi connectivity index (χ1v) is 8.11. The Morgan fingerprint density at radius 2 is 1.89 bits per heavy atom. The number of nitrogens with zero attached hydrogens (tertiary/aromatic N) is 1. The molecule has 2 aromatic rings. The molecule has 1 heterocycles. The van der Waals surface area contributed by atoms with Gasteiger partial charge in [-0.3, -0.25) is 0 Å². The van der Waals surface area contributed by atoms with Crippen molar-refractivity contribution < 1.29 is 27.4 Å². The van der Waals surface area contributed by atoms with Gasteiger partial charge < -0.3 is 20.1 Å². The van der Waals surface area contributed by atoms with Gasteiger partial charge >= 0.3 is 12.2 Å². The van der Waals surface area contributed by atoms with E-state index in [0.29, 0.717) is 5.56 Å². The minimum atomic E-state index is -4.42. The average molecular weight is 383 g/mol. The number of urea groups is 1. The maximum atomic E-state index is 12.1. The van der Waals surface area contributed by atoms with Crippen molar-refractivity contribution in [2.45, 2.75) is 18.8 Å². The van der Waals surface area contributed by atoms with Gasteiger partial charge in [0.1, 0.15) is 0 Å². The number of hydrogen-bond donors (Lipinski definition) is 2. The van der Waals surface area contributed by atoms with Gasteiger partial charge in [0, 0.05) is 32.5 Å². The van der Waals surface area contributed by atoms with Gasteiger partial charge in [0.05, 0.1) is 6.10 Å². The normalized spacial score (nSPS) is 12.3. The quantitative estimate of drug-likeness (QED) is 0.734. The lowest BCUT2D eigenvalue weighted by Gasteiger charge is -2.16. The van der Waals surface area contributed by atoms with Gasteiger partial charge in [0.15, 0.2) is 6.61 Å². The number of hydrogen-bond acceptors (Lipinski definition) is 4. The van der Waals surface area contributed by atoms with Crippen LogP contribution in [0.5, 0.6) is 5.88 Å². The predicted octanol–water partition coefficient (Wildman–Crippen LogP) is 3.21. The Morgan fingerprint density at radius 1 is 1.15 bits per heavy atom. The highest BCUT2D eigenvalue weighted by atomic mass is 19.4. The molecule has 0 radical (unpaired) electrons. The molecule has 0 spiro atoms. The molecule has 146 valence electrons. The molecule has 1 aromatic carbocycles. The standard InChI is InChI=1S/C18H20F3N3O3/c1-26-15(14-5-3-2-4-6-14)11-24-17(25)23-10-13-7-8-16(22-9-13)27-12-18(19,20)21/h2-9,15H,10-12H2,1H3,(H2,23,24,25). The second-order valence-corrected chi connectivity index (χ2v) is 5.61. The van der Waals surface area contributed by atoms with Crippen LogP contribution < -0.4 is 15.4 Å². The maximum Gasteiger partial charge on any atom is 0.422 e. The number of halogens is 3. The van der Waals surface area contributed by atoms with E-state index in [-0.39, 0.29) is 25.1 Å². The molecule has 1 unspecified atom stereocenters. The molecule has 6 nitrogen and oxygen atoms in total. The Balaban J connectivity index is 1.75. The maximum absolute atomic E-state index is 12.1. The number of amides is 2. The molecule has 2 rings (SSSR count). The van der Waals surface area contributed by atoms with Crippen LogP contribution in [0.15, 0.2) is 48.7 Å². The summed E-state index contributed by atoms with van der Waals surface area (Å²) in [7, 11) is 1.56. The van der Waals surface area contributed by atoms with Crippen molar-refractivity contribution in [2.24, 2.45) is 0 Å². The summed E-state index contributed by atoms with van der Waals surface area (Å²) < 4.78 is 46.1. The molecular formula is C18H20F3N3O3. The van der Waals surface area contributed by atoms with Crippen LogP contribution in [0.4, 0.5) is 18.0 Å². The predicted molar refractivity (Wildman–Crippen MR) is 92.2 cm³/mol. The highest BCUT2D eigenvalue weighted by Gasteiger charge is 2.28. The third-order valence-electron chi connectivity index (χ3n) is 3.54. The van der Waals surface area contributed by atoms with Crippen molar-refractivity contribution in [3.8, 4) is 5.88 Å². The molecule has 0 bridgehead atoms. The molecule has 1 aromatic heterocycles. The first kappa shape index (κ1) is 20.5. The highest BCUT2D eigenvalue weighted by Crippen LogP contribution is 2.17. The van der Waals surface area contributed by atoms with E-state index in [0.717, 1.165) is 5.56 Å². The number of nitrogens with one attached hydrogen (secondary N) is 2. The fraction of sp³-hybridized carbons (Fsp3) is 0.333. The van der Waals surface area contributed by atoms with Crippen LogP contribution in [0.2, 0.25) is 0 Å². The van der Waals surface area contributed by atoms with E-state index in [2.05, 4.69) is 20.4 Å². The molecule has 9 heteroatoms. The number of methoxy groups -OCH3 is 1. The number of carbonyl (C=O) groups excluding carboxylic acids is 1. The largest absolute Gasteiger partial charge is 0.468 e. The molecule has 0 saturated heterocycles. The SMILES string of the molecule is COC(CNC(=O)NCc1ccc(OCC(F)(F)F)nc1)c1ccccc1. The molecule has 27 heavy (non-hydrogen) atoms. The number of aromatic nitrogens is 1. The molecule has 0 aliphatic heterocycles. The van der Waals surface area contributed by atoms with Crippen LogP contribution in [0, 0.1) is 0 Å².